The summed E-state index contributed by atoms with van der Waals surface area (Å²) in [7, 11) is -10.2. The molecule has 0 saturated carbocycles. The number of carboxylic acid groups (broad SMARTS) is 1. The summed E-state index contributed by atoms with van der Waals surface area (Å²) in [6.45, 7) is 1.65. The van der Waals surface area contributed by atoms with Gasteiger partial charge in [-0.2, -0.15) is 21.6 Å². The second-order valence-electron chi connectivity index (χ2n) is 8.50. The average molecular weight is 597 g/mol. The molecular weight excluding hydrogens is 579 g/mol. The molecule has 3 aromatic rings. The van der Waals surface area contributed by atoms with E-state index in [9.17, 15) is 39.9 Å². The van der Waals surface area contributed by atoms with Gasteiger partial charge in [-0.3, -0.25) is 0 Å². The van der Waals surface area contributed by atoms with Crippen molar-refractivity contribution in [3.05, 3.63) is 47.1 Å². The third-order valence-corrected chi connectivity index (χ3v) is 9.49. The highest BCUT2D eigenvalue weighted by Gasteiger charge is 2.49. The monoisotopic (exact) mass is 596 g/mol. The van der Waals surface area contributed by atoms with Gasteiger partial charge in [-0.25, -0.2) is 8.42 Å². The van der Waals surface area contributed by atoms with Gasteiger partial charge in [0.2, 0.25) is 0 Å². The van der Waals surface area contributed by atoms with Crippen molar-refractivity contribution >= 4 is 60.2 Å². The zero-order chi connectivity index (χ0) is 27.5. The Morgan fingerprint density at radius 2 is 1.81 bits per heavy atom. The lowest BCUT2D eigenvalue weighted by Crippen LogP contribution is -2.32. The number of benzene rings is 2. The highest BCUT2D eigenvalue weighted by Crippen LogP contribution is 2.50. The van der Waals surface area contributed by atoms with Gasteiger partial charge >= 0.3 is 15.6 Å². The molecule has 200 valence electrons. The van der Waals surface area contributed by atoms with Crippen LogP contribution in [0.25, 0.3) is 10.9 Å². The van der Waals surface area contributed by atoms with E-state index in [1.807, 2.05) is 0 Å². The molecule has 2 aromatic carbocycles. The van der Waals surface area contributed by atoms with E-state index in [4.69, 9.17) is 11.6 Å². The molecule has 2 atom stereocenters. The Hall–Kier alpha value is -2.42. The lowest BCUT2D eigenvalue weighted by atomic mass is 9.90. The number of halogens is 4. The fourth-order valence-corrected chi connectivity index (χ4v) is 7.03. The molecule has 0 amide bonds. The minimum absolute atomic E-state index is 0.0924. The summed E-state index contributed by atoms with van der Waals surface area (Å²) in [6, 6.07) is 8.28. The molecule has 4 rings (SSSR count). The van der Waals surface area contributed by atoms with Crippen LogP contribution in [-0.2, 0) is 31.3 Å². The number of hydrogen-bond acceptors (Lipinski definition) is 8. The third-order valence-electron chi connectivity index (χ3n) is 6.01. The maximum atomic E-state index is 13.0. The van der Waals surface area contributed by atoms with Crippen LogP contribution in [0, 0.1) is 5.92 Å². The first-order valence-corrected chi connectivity index (χ1v) is 15.1. The maximum absolute atomic E-state index is 13.0. The van der Waals surface area contributed by atoms with Crippen LogP contribution in [0.2, 0.25) is 5.02 Å². The van der Waals surface area contributed by atoms with E-state index in [1.165, 1.54) is 6.92 Å². The Morgan fingerprint density at radius 1 is 1.19 bits per heavy atom. The molecule has 0 N–H and O–H groups in total. The highest BCUT2D eigenvalue weighted by atomic mass is 35.5. The van der Waals surface area contributed by atoms with Crippen molar-refractivity contribution in [2.24, 2.45) is 5.92 Å². The van der Waals surface area contributed by atoms with Gasteiger partial charge in [0, 0.05) is 68.6 Å². The first-order valence-electron chi connectivity index (χ1n) is 10.6. The molecule has 0 saturated heterocycles. The molecule has 0 aliphatic carbocycles. The zero-order valence-electron chi connectivity index (χ0n) is 19.1. The third kappa shape index (κ3) is 5.16. The summed E-state index contributed by atoms with van der Waals surface area (Å²) in [4.78, 5) is 12.3. The van der Waals surface area contributed by atoms with Crippen molar-refractivity contribution in [1.29, 1.82) is 0 Å². The Kier molecular flexibility index (Phi) is 7.01. The van der Waals surface area contributed by atoms with Crippen LogP contribution in [0.15, 0.2) is 51.1 Å². The predicted molar refractivity (Wildman–Crippen MR) is 128 cm³/mol. The topological polar surface area (TPSA) is 123 Å². The molecule has 1 aliphatic rings. The number of aryl methyl sites for hydroxylation is 1. The molecule has 15 heteroatoms. The van der Waals surface area contributed by atoms with Crippen molar-refractivity contribution in [3.8, 4) is 5.75 Å². The molecule has 37 heavy (non-hydrogen) atoms. The van der Waals surface area contributed by atoms with E-state index in [2.05, 4.69) is 4.18 Å². The smallest absolute Gasteiger partial charge is 0.534 e. The normalized spacial score (nSPS) is 17.1. The van der Waals surface area contributed by atoms with E-state index in [-0.39, 0.29) is 17.4 Å². The summed E-state index contributed by atoms with van der Waals surface area (Å²) in [5, 5.41) is 12.3. The van der Waals surface area contributed by atoms with Crippen LogP contribution in [0.1, 0.15) is 25.0 Å². The minimum Gasteiger partial charge on any atom is -0.550 e. The van der Waals surface area contributed by atoms with Crippen LogP contribution < -0.4 is 9.29 Å². The van der Waals surface area contributed by atoms with Crippen molar-refractivity contribution in [1.82, 2.24) is 4.57 Å². The molecular formula is C22H18ClF3NO7S3-. The minimum atomic E-state index is -6.08. The summed E-state index contributed by atoms with van der Waals surface area (Å²) >= 11 is 7.09. The van der Waals surface area contributed by atoms with E-state index >= 15 is 0 Å². The van der Waals surface area contributed by atoms with Gasteiger partial charge in [0.1, 0.15) is 5.75 Å². The molecule has 2 unspecified atom stereocenters. The van der Waals surface area contributed by atoms with Crippen LogP contribution in [-0.4, -0.2) is 39.1 Å². The van der Waals surface area contributed by atoms with Crippen molar-refractivity contribution in [3.63, 3.8) is 0 Å². The number of nitrogens with zero attached hydrogens (tertiary/aromatic N) is 1. The Labute approximate surface area is 219 Å². The first kappa shape index (κ1) is 27.6. The Balaban J connectivity index is 2.04. The molecule has 0 bridgehead atoms. The number of carbonyl (C=O) groups excluding carboxylic acids is 1. The van der Waals surface area contributed by atoms with Crippen LogP contribution in [0.5, 0.6) is 5.75 Å². The zero-order valence-corrected chi connectivity index (χ0v) is 22.3. The van der Waals surface area contributed by atoms with Crippen molar-refractivity contribution in [2.75, 3.05) is 6.26 Å². The molecule has 1 aliphatic heterocycles. The standard InChI is InChI=1S/C22H19ClF3NO7S3/c1-11(21(28)29)15-7-8-27-16-9-13(34-37(32,33)22(24,25)26)10-17(36(2,30)31)18(16)20(19(15)27)35-14-5-3-12(23)4-6-14/h3-6,9-11,15H,7-8H2,1-2H3,(H,28,29)/p-1. The number of carbonyl (C=O) groups is 1. The summed E-state index contributed by atoms with van der Waals surface area (Å²) in [5.41, 5.74) is -5.19. The number of aliphatic carboxylic acids is 1. The fourth-order valence-electron chi connectivity index (χ4n) is 4.30. The number of alkyl halides is 3. The van der Waals surface area contributed by atoms with E-state index < -0.39 is 53.9 Å². The summed E-state index contributed by atoms with van der Waals surface area (Å²) in [6.07, 6.45) is 1.15. The van der Waals surface area contributed by atoms with Crippen LogP contribution in [0.4, 0.5) is 13.2 Å². The van der Waals surface area contributed by atoms with Gasteiger partial charge in [-0.1, -0.05) is 30.3 Å². The van der Waals surface area contributed by atoms with Gasteiger partial charge in [0.05, 0.1) is 10.4 Å². The van der Waals surface area contributed by atoms with Gasteiger partial charge in [0.25, 0.3) is 0 Å². The quantitative estimate of drug-likeness (QED) is 0.297. The summed E-state index contributed by atoms with van der Waals surface area (Å²) < 4.78 is 93.6. The predicted octanol–water partition coefficient (Wildman–Crippen LogP) is 3.95. The summed E-state index contributed by atoms with van der Waals surface area (Å²) in [5.74, 6) is -3.75. The van der Waals surface area contributed by atoms with E-state index in [0.717, 1.165) is 30.2 Å². The largest absolute Gasteiger partial charge is 0.550 e. The Bertz CT molecular complexity index is 1620. The van der Waals surface area contributed by atoms with Gasteiger partial charge in [-0.15, -0.1) is 0 Å². The number of carboxylic acids is 1. The maximum Gasteiger partial charge on any atom is 0.534 e. The van der Waals surface area contributed by atoms with Gasteiger partial charge in [-0.05, 0) is 30.7 Å². The number of rotatable bonds is 7. The van der Waals surface area contributed by atoms with E-state index in [1.54, 1.807) is 28.8 Å². The molecule has 1 aromatic heterocycles. The number of fused-ring (bicyclic) bond motifs is 3. The highest BCUT2D eigenvalue weighted by molar-refractivity contribution is 7.99. The Morgan fingerprint density at radius 3 is 2.35 bits per heavy atom. The molecule has 2 heterocycles. The number of hydrogen-bond donors (Lipinski definition) is 0. The second-order valence-corrected chi connectivity index (χ2v) is 13.5. The fraction of sp³-hybridized carbons (Fsp3) is 0.318. The molecule has 0 radical (unpaired) electrons. The molecule has 8 nitrogen and oxygen atoms in total. The lowest BCUT2D eigenvalue weighted by Gasteiger charge is -2.21. The first-order chi connectivity index (χ1) is 17.0. The van der Waals surface area contributed by atoms with Gasteiger partial charge in [0.15, 0.2) is 9.84 Å². The lowest BCUT2D eigenvalue weighted by molar-refractivity contribution is -0.311. The SMILES string of the molecule is CC(C(=O)[O-])C1CCn2c1c(Sc1ccc(Cl)cc1)c1c(S(C)(=O)=O)cc(OS(=O)(=O)C(F)(F)F)cc12. The van der Waals surface area contributed by atoms with Crippen molar-refractivity contribution < 1.29 is 44.1 Å². The average Bonchev–Trinajstić information content (AvgIpc) is 3.32. The molecule has 0 fully saturated rings. The van der Waals surface area contributed by atoms with Crippen molar-refractivity contribution in [2.45, 2.75) is 46.0 Å². The second kappa shape index (κ2) is 9.40. The van der Waals surface area contributed by atoms with Crippen LogP contribution >= 0.6 is 23.4 Å². The van der Waals surface area contributed by atoms with Crippen LogP contribution in [0.3, 0.4) is 0 Å². The number of sulfone groups is 1. The number of aromatic nitrogens is 1. The molecule has 0 spiro atoms. The van der Waals surface area contributed by atoms with Gasteiger partial charge < -0.3 is 18.7 Å². The van der Waals surface area contributed by atoms with E-state index in [0.29, 0.717) is 26.9 Å².